The average molecular weight is 370 g/mol. The zero-order valence-corrected chi connectivity index (χ0v) is 14.2. The Morgan fingerprint density at radius 2 is 1.87 bits per heavy atom. The van der Waals surface area contributed by atoms with E-state index in [9.17, 15) is 0 Å². The predicted octanol–water partition coefficient (Wildman–Crippen LogP) is 4.30. The molecular weight excluding hydrogens is 354 g/mol. The molecule has 2 aromatic heterocycles. The SMILES string of the molecule is Cc1cc(Nc2cc(NCc3ccccn3)ncn2)ccc1Br. The number of anilines is 3. The van der Waals surface area contributed by atoms with E-state index in [0.717, 1.165) is 33.1 Å². The Balaban J connectivity index is 1.68. The van der Waals surface area contributed by atoms with Crippen LogP contribution in [0.5, 0.6) is 0 Å². The van der Waals surface area contributed by atoms with Crippen LogP contribution in [0.15, 0.2) is 59.5 Å². The van der Waals surface area contributed by atoms with Crippen molar-refractivity contribution in [1.82, 2.24) is 15.0 Å². The fraction of sp³-hybridized carbons (Fsp3) is 0.118. The van der Waals surface area contributed by atoms with Gasteiger partial charge in [0.25, 0.3) is 0 Å². The summed E-state index contributed by atoms with van der Waals surface area (Å²) >= 11 is 3.50. The Hall–Kier alpha value is -2.47. The molecule has 0 aliphatic heterocycles. The molecule has 116 valence electrons. The molecule has 0 aliphatic carbocycles. The number of hydrogen-bond acceptors (Lipinski definition) is 5. The van der Waals surface area contributed by atoms with E-state index in [2.05, 4.69) is 54.5 Å². The molecule has 0 saturated heterocycles. The maximum absolute atomic E-state index is 4.28. The van der Waals surface area contributed by atoms with Gasteiger partial charge in [0.05, 0.1) is 12.2 Å². The van der Waals surface area contributed by atoms with Crippen molar-refractivity contribution in [3.63, 3.8) is 0 Å². The molecule has 0 saturated carbocycles. The van der Waals surface area contributed by atoms with Crippen LogP contribution in [-0.4, -0.2) is 15.0 Å². The first-order chi connectivity index (χ1) is 11.2. The van der Waals surface area contributed by atoms with Crippen molar-refractivity contribution < 1.29 is 0 Å². The zero-order valence-electron chi connectivity index (χ0n) is 12.6. The number of nitrogens with zero attached hydrogens (tertiary/aromatic N) is 3. The van der Waals surface area contributed by atoms with Crippen molar-refractivity contribution in [2.24, 2.45) is 0 Å². The van der Waals surface area contributed by atoms with Gasteiger partial charge in [0, 0.05) is 22.4 Å². The van der Waals surface area contributed by atoms with Crippen LogP contribution >= 0.6 is 15.9 Å². The number of pyridine rings is 1. The van der Waals surface area contributed by atoms with Gasteiger partial charge in [0.15, 0.2) is 0 Å². The molecule has 0 aliphatic rings. The standard InChI is InChI=1S/C17H16BrN5/c1-12-8-13(5-6-15(12)18)23-17-9-16(21-11-22-17)20-10-14-4-2-3-7-19-14/h2-9,11H,10H2,1H3,(H2,20,21,22,23). The quantitative estimate of drug-likeness (QED) is 0.701. The normalized spacial score (nSPS) is 10.3. The van der Waals surface area contributed by atoms with E-state index >= 15 is 0 Å². The van der Waals surface area contributed by atoms with Crippen molar-refractivity contribution in [2.45, 2.75) is 13.5 Å². The predicted molar refractivity (Wildman–Crippen MR) is 95.8 cm³/mol. The molecule has 6 heteroatoms. The average Bonchev–Trinajstić information content (AvgIpc) is 2.58. The van der Waals surface area contributed by atoms with Gasteiger partial charge in [-0.15, -0.1) is 0 Å². The molecule has 1 aromatic carbocycles. The van der Waals surface area contributed by atoms with Gasteiger partial charge in [-0.25, -0.2) is 9.97 Å². The number of hydrogen-bond donors (Lipinski definition) is 2. The van der Waals surface area contributed by atoms with E-state index in [1.54, 1.807) is 6.20 Å². The van der Waals surface area contributed by atoms with Gasteiger partial charge >= 0.3 is 0 Å². The van der Waals surface area contributed by atoms with E-state index in [1.165, 1.54) is 6.33 Å². The number of halogens is 1. The molecule has 0 unspecified atom stereocenters. The summed E-state index contributed by atoms with van der Waals surface area (Å²) in [5.74, 6) is 1.49. The summed E-state index contributed by atoms with van der Waals surface area (Å²) in [5, 5.41) is 6.53. The van der Waals surface area contributed by atoms with Crippen LogP contribution in [0, 0.1) is 6.92 Å². The molecule has 0 amide bonds. The molecule has 0 fully saturated rings. The number of nitrogens with one attached hydrogen (secondary N) is 2. The maximum Gasteiger partial charge on any atom is 0.135 e. The van der Waals surface area contributed by atoms with Crippen LogP contribution in [-0.2, 0) is 6.54 Å². The third-order valence-corrected chi connectivity index (χ3v) is 4.16. The molecule has 0 radical (unpaired) electrons. The summed E-state index contributed by atoms with van der Waals surface area (Å²) in [6, 6.07) is 13.8. The highest BCUT2D eigenvalue weighted by Crippen LogP contribution is 2.22. The second-order valence-corrected chi connectivity index (χ2v) is 5.91. The molecule has 0 atom stereocenters. The lowest BCUT2D eigenvalue weighted by Gasteiger charge is -2.09. The number of rotatable bonds is 5. The minimum atomic E-state index is 0.620. The van der Waals surface area contributed by atoms with Crippen LogP contribution in [0.4, 0.5) is 17.3 Å². The molecule has 2 heterocycles. The summed E-state index contributed by atoms with van der Waals surface area (Å²) < 4.78 is 1.09. The molecule has 0 spiro atoms. The first-order valence-electron chi connectivity index (χ1n) is 7.20. The number of benzene rings is 1. The summed E-state index contributed by atoms with van der Waals surface area (Å²) in [7, 11) is 0. The van der Waals surface area contributed by atoms with Crippen molar-refractivity contribution in [3.8, 4) is 0 Å². The Morgan fingerprint density at radius 1 is 1.00 bits per heavy atom. The Morgan fingerprint density at radius 3 is 2.65 bits per heavy atom. The van der Waals surface area contributed by atoms with Gasteiger partial charge in [0.2, 0.25) is 0 Å². The zero-order chi connectivity index (χ0) is 16.1. The van der Waals surface area contributed by atoms with Crippen molar-refractivity contribution in [1.29, 1.82) is 0 Å². The summed E-state index contributed by atoms with van der Waals surface area (Å²) in [6.45, 7) is 2.67. The maximum atomic E-state index is 4.28. The highest BCUT2D eigenvalue weighted by molar-refractivity contribution is 9.10. The van der Waals surface area contributed by atoms with Crippen molar-refractivity contribution >= 4 is 33.3 Å². The Labute approximate surface area is 143 Å². The molecule has 0 bridgehead atoms. The Bertz CT molecular complexity index is 792. The third-order valence-electron chi connectivity index (χ3n) is 3.27. The monoisotopic (exact) mass is 369 g/mol. The summed E-state index contributed by atoms with van der Waals surface area (Å²) in [4.78, 5) is 12.8. The largest absolute Gasteiger partial charge is 0.364 e. The summed E-state index contributed by atoms with van der Waals surface area (Å²) in [5.41, 5.74) is 3.11. The van der Waals surface area contributed by atoms with Gasteiger partial charge < -0.3 is 10.6 Å². The first-order valence-corrected chi connectivity index (χ1v) is 7.99. The Kier molecular flexibility index (Phi) is 4.83. The van der Waals surface area contributed by atoms with Gasteiger partial charge in [-0.05, 0) is 42.8 Å². The minimum Gasteiger partial charge on any atom is -0.364 e. The van der Waals surface area contributed by atoms with Crippen LogP contribution in [0.1, 0.15) is 11.3 Å². The number of aromatic nitrogens is 3. The number of aryl methyl sites for hydroxylation is 1. The minimum absolute atomic E-state index is 0.620. The lowest BCUT2D eigenvalue weighted by atomic mass is 10.2. The van der Waals surface area contributed by atoms with E-state index in [0.29, 0.717) is 6.54 Å². The lowest BCUT2D eigenvalue weighted by molar-refractivity contribution is 1.02. The highest BCUT2D eigenvalue weighted by Gasteiger charge is 2.02. The van der Waals surface area contributed by atoms with Crippen LogP contribution in [0.2, 0.25) is 0 Å². The molecule has 3 rings (SSSR count). The molecule has 2 N–H and O–H groups in total. The molecule has 23 heavy (non-hydrogen) atoms. The van der Waals surface area contributed by atoms with Gasteiger partial charge in [-0.2, -0.15) is 0 Å². The topological polar surface area (TPSA) is 62.7 Å². The molecule has 3 aromatic rings. The fourth-order valence-electron chi connectivity index (χ4n) is 2.08. The molecule has 5 nitrogen and oxygen atoms in total. The highest BCUT2D eigenvalue weighted by atomic mass is 79.9. The lowest BCUT2D eigenvalue weighted by Crippen LogP contribution is -2.04. The summed E-state index contributed by atoms with van der Waals surface area (Å²) in [6.07, 6.45) is 3.31. The van der Waals surface area contributed by atoms with Gasteiger partial charge in [-0.3, -0.25) is 4.98 Å². The van der Waals surface area contributed by atoms with E-state index in [-0.39, 0.29) is 0 Å². The van der Waals surface area contributed by atoms with Crippen LogP contribution in [0.3, 0.4) is 0 Å². The van der Waals surface area contributed by atoms with Crippen molar-refractivity contribution in [2.75, 3.05) is 10.6 Å². The second kappa shape index (κ2) is 7.19. The van der Waals surface area contributed by atoms with Gasteiger partial charge in [-0.1, -0.05) is 22.0 Å². The third kappa shape index (κ3) is 4.26. The molecular formula is C17H16BrN5. The van der Waals surface area contributed by atoms with Gasteiger partial charge in [0.1, 0.15) is 18.0 Å². The van der Waals surface area contributed by atoms with Crippen LogP contribution < -0.4 is 10.6 Å². The van der Waals surface area contributed by atoms with E-state index in [4.69, 9.17) is 0 Å². The first kappa shape index (κ1) is 15.4. The smallest absolute Gasteiger partial charge is 0.135 e. The van der Waals surface area contributed by atoms with Crippen molar-refractivity contribution in [3.05, 3.63) is 70.7 Å². The second-order valence-electron chi connectivity index (χ2n) is 5.05. The van der Waals surface area contributed by atoms with Crippen LogP contribution in [0.25, 0.3) is 0 Å². The van der Waals surface area contributed by atoms with E-state index < -0.39 is 0 Å². The fourth-order valence-corrected chi connectivity index (χ4v) is 2.32. The van der Waals surface area contributed by atoms with E-state index in [1.807, 2.05) is 36.4 Å².